The lowest BCUT2D eigenvalue weighted by Crippen LogP contribution is -2.48. The summed E-state index contributed by atoms with van der Waals surface area (Å²) in [6.45, 7) is 1.14. The van der Waals surface area contributed by atoms with Crippen LogP contribution in [0.5, 0.6) is 0 Å². The maximum absolute atomic E-state index is 12.2. The smallest absolute Gasteiger partial charge is 0.332 e. The average molecular weight is 323 g/mol. The number of fused-ring (bicyclic) bond motifs is 3. The normalized spacial score (nSPS) is 34.3. The second kappa shape index (κ2) is 5.04. The van der Waals surface area contributed by atoms with Crippen LogP contribution in [-0.4, -0.2) is 40.2 Å². The fraction of sp³-hybridized carbons (Fsp3) is 0.450. The number of piperidine rings is 1. The number of carbonyl (C=O) groups is 1. The predicted octanol–water partition coefficient (Wildman–Crippen LogP) is 2.42. The Bertz CT molecular complexity index is 764. The molecule has 124 valence electrons. The third kappa shape index (κ3) is 1.84. The van der Waals surface area contributed by atoms with Crippen LogP contribution in [0, 0.1) is 0 Å². The summed E-state index contributed by atoms with van der Waals surface area (Å²) < 4.78 is 5.96. The first kappa shape index (κ1) is 14.4. The van der Waals surface area contributed by atoms with Crippen molar-refractivity contribution in [1.29, 1.82) is 0 Å². The molecule has 0 aromatic heterocycles. The second-order valence-electron chi connectivity index (χ2n) is 7.32. The Kier molecular flexibility index (Phi) is 3.03. The number of hydrogen-bond acceptors (Lipinski definition) is 4. The third-order valence-corrected chi connectivity index (χ3v) is 6.12. The number of esters is 1. The van der Waals surface area contributed by atoms with Gasteiger partial charge in [0.1, 0.15) is 0 Å². The summed E-state index contributed by atoms with van der Waals surface area (Å²) in [5.41, 5.74) is 3.76. The lowest BCUT2D eigenvalue weighted by atomic mass is 9.75. The summed E-state index contributed by atoms with van der Waals surface area (Å²) in [5.74, 6) is -0.198. The van der Waals surface area contributed by atoms with Crippen LogP contribution in [0.15, 0.2) is 42.0 Å². The van der Waals surface area contributed by atoms with Crippen molar-refractivity contribution in [2.75, 3.05) is 6.54 Å². The zero-order chi connectivity index (χ0) is 16.3. The molecular formula is C20H21NO3. The standard InChI is InChI=1S/C20H21NO3/c22-12-13-4-6-14(7-5-13)16-9-15-11-20(17(16)10-19(23)24-20)18-3-1-2-8-21(15)18/h4-7,9-10,15,18,22H,1-3,8,11-12H2. The minimum Gasteiger partial charge on any atom is -0.449 e. The van der Waals surface area contributed by atoms with Gasteiger partial charge in [0.15, 0.2) is 5.60 Å². The van der Waals surface area contributed by atoms with Gasteiger partial charge in [-0.2, -0.15) is 0 Å². The molecular weight excluding hydrogens is 302 g/mol. The molecule has 2 bridgehead atoms. The number of aliphatic hydroxyl groups is 1. The maximum Gasteiger partial charge on any atom is 0.332 e. The molecule has 3 aliphatic heterocycles. The van der Waals surface area contributed by atoms with E-state index < -0.39 is 5.60 Å². The Hall–Kier alpha value is -1.91. The molecule has 2 saturated heterocycles. The fourth-order valence-electron chi connectivity index (χ4n) is 5.10. The first-order valence-corrected chi connectivity index (χ1v) is 8.84. The van der Waals surface area contributed by atoms with Gasteiger partial charge in [-0.1, -0.05) is 36.8 Å². The average Bonchev–Trinajstić information content (AvgIpc) is 3.10. The molecule has 1 aromatic carbocycles. The zero-order valence-electron chi connectivity index (χ0n) is 13.6. The highest BCUT2D eigenvalue weighted by atomic mass is 16.6. The van der Waals surface area contributed by atoms with Crippen LogP contribution in [0.2, 0.25) is 0 Å². The van der Waals surface area contributed by atoms with E-state index >= 15 is 0 Å². The molecule has 4 aliphatic rings. The molecule has 1 aromatic rings. The number of ether oxygens (including phenoxy) is 1. The Morgan fingerprint density at radius 2 is 2.08 bits per heavy atom. The van der Waals surface area contributed by atoms with Crippen molar-refractivity contribution in [3.63, 3.8) is 0 Å². The molecule has 24 heavy (non-hydrogen) atoms. The highest BCUT2D eigenvalue weighted by Gasteiger charge is 2.61. The van der Waals surface area contributed by atoms with E-state index in [1.54, 1.807) is 6.08 Å². The van der Waals surface area contributed by atoms with Gasteiger partial charge in [0.2, 0.25) is 0 Å². The summed E-state index contributed by atoms with van der Waals surface area (Å²) in [6.07, 6.45) is 8.47. The van der Waals surface area contributed by atoms with E-state index in [2.05, 4.69) is 11.0 Å². The first-order valence-electron chi connectivity index (χ1n) is 8.84. The van der Waals surface area contributed by atoms with Crippen LogP contribution in [-0.2, 0) is 16.1 Å². The minimum atomic E-state index is -0.443. The van der Waals surface area contributed by atoms with Crippen LogP contribution in [0.4, 0.5) is 0 Å². The van der Waals surface area contributed by atoms with Crippen molar-refractivity contribution in [2.45, 2.75) is 50.0 Å². The van der Waals surface area contributed by atoms with Crippen molar-refractivity contribution in [1.82, 2.24) is 4.90 Å². The SMILES string of the molecule is O=C1C=C2C(c3ccc(CO)cc3)=CC3CC2(O1)C1CCCCN31. The summed E-state index contributed by atoms with van der Waals surface area (Å²) in [6, 6.07) is 8.65. The summed E-state index contributed by atoms with van der Waals surface area (Å²) >= 11 is 0. The van der Waals surface area contributed by atoms with Gasteiger partial charge >= 0.3 is 5.97 Å². The summed E-state index contributed by atoms with van der Waals surface area (Å²) in [4.78, 5) is 14.7. The predicted molar refractivity (Wildman–Crippen MR) is 90.0 cm³/mol. The molecule has 0 amide bonds. The van der Waals surface area contributed by atoms with Gasteiger partial charge in [-0.15, -0.1) is 0 Å². The number of rotatable bonds is 2. The molecule has 3 unspecified atom stereocenters. The fourth-order valence-corrected chi connectivity index (χ4v) is 5.10. The van der Waals surface area contributed by atoms with Gasteiger partial charge in [0.05, 0.1) is 12.6 Å². The first-order chi connectivity index (χ1) is 11.7. The van der Waals surface area contributed by atoms with Gasteiger partial charge in [-0.3, -0.25) is 4.90 Å². The molecule has 1 N–H and O–H groups in total. The van der Waals surface area contributed by atoms with Gasteiger partial charge in [-0.25, -0.2) is 4.79 Å². The highest BCUT2D eigenvalue weighted by molar-refractivity contribution is 5.97. The van der Waals surface area contributed by atoms with E-state index in [9.17, 15) is 9.90 Å². The molecule has 2 fully saturated rings. The van der Waals surface area contributed by atoms with E-state index in [0.29, 0.717) is 12.1 Å². The molecule has 0 saturated carbocycles. The van der Waals surface area contributed by atoms with E-state index in [1.807, 2.05) is 24.3 Å². The van der Waals surface area contributed by atoms with Crippen molar-refractivity contribution < 1.29 is 14.6 Å². The largest absolute Gasteiger partial charge is 0.449 e. The van der Waals surface area contributed by atoms with Gasteiger partial charge in [0.25, 0.3) is 0 Å². The third-order valence-electron chi connectivity index (χ3n) is 6.12. The quantitative estimate of drug-likeness (QED) is 0.849. The lowest BCUT2D eigenvalue weighted by molar-refractivity contribution is -0.148. The van der Waals surface area contributed by atoms with E-state index in [4.69, 9.17) is 4.74 Å². The van der Waals surface area contributed by atoms with Gasteiger partial charge in [-0.05, 0) is 36.1 Å². The molecule has 4 heteroatoms. The van der Waals surface area contributed by atoms with Crippen LogP contribution < -0.4 is 0 Å². The number of carbonyl (C=O) groups excluding carboxylic acids is 1. The van der Waals surface area contributed by atoms with Crippen molar-refractivity contribution in [2.24, 2.45) is 0 Å². The Morgan fingerprint density at radius 1 is 1.25 bits per heavy atom. The molecule has 1 aliphatic carbocycles. The molecule has 3 atom stereocenters. The number of hydrogen-bond donors (Lipinski definition) is 1. The number of aliphatic hydroxyl groups excluding tert-OH is 1. The molecule has 3 heterocycles. The second-order valence-corrected chi connectivity index (χ2v) is 7.32. The van der Waals surface area contributed by atoms with E-state index in [1.165, 1.54) is 12.8 Å². The van der Waals surface area contributed by atoms with Crippen molar-refractivity contribution in [3.05, 3.63) is 53.1 Å². The van der Waals surface area contributed by atoms with Crippen LogP contribution >= 0.6 is 0 Å². The van der Waals surface area contributed by atoms with E-state index in [-0.39, 0.29) is 12.6 Å². The molecule has 0 radical (unpaired) electrons. The Morgan fingerprint density at radius 3 is 2.88 bits per heavy atom. The van der Waals surface area contributed by atoms with Crippen LogP contribution in [0.25, 0.3) is 5.57 Å². The van der Waals surface area contributed by atoms with Gasteiger partial charge in [0, 0.05) is 24.1 Å². The number of nitrogens with zero attached hydrogens (tertiary/aromatic N) is 1. The van der Waals surface area contributed by atoms with Crippen LogP contribution in [0.3, 0.4) is 0 Å². The van der Waals surface area contributed by atoms with Crippen molar-refractivity contribution >= 4 is 11.5 Å². The summed E-state index contributed by atoms with van der Waals surface area (Å²) in [7, 11) is 0. The Labute approximate surface area is 141 Å². The van der Waals surface area contributed by atoms with Crippen molar-refractivity contribution in [3.8, 4) is 0 Å². The maximum atomic E-state index is 12.2. The summed E-state index contributed by atoms with van der Waals surface area (Å²) in [5, 5.41) is 9.26. The molecule has 5 rings (SSSR count). The van der Waals surface area contributed by atoms with Gasteiger partial charge < -0.3 is 9.84 Å². The van der Waals surface area contributed by atoms with Crippen LogP contribution in [0.1, 0.15) is 36.8 Å². The zero-order valence-corrected chi connectivity index (χ0v) is 13.6. The highest BCUT2D eigenvalue weighted by Crippen LogP contribution is 2.55. The topological polar surface area (TPSA) is 49.8 Å². The minimum absolute atomic E-state index is 0.0477. The Balaban J connectivity index is 1.63. The molecule has 1 spiro atoms. The monoisotopic (exact) mass is 323 g/mol. The molecule has 4 nitrogen and oxygen atoms in total. The number of benzene rings is 1. The lowest BCUT2D eigenvalue weighted by Gasteiger charge is -2.38. The van der Waals surface area contributed by atoms with E-state index in [0.717, 1.165) is 41.7 Å².